The first-order valence-corrected chi connectivity index (χ1v) is 10.7. The minimum absolute atomic E-state index is 0.161. The van der Waals surface area contributed by atoms with Gasteiger partial charge < -0.3 is 9.84 Å². The highest BCUT2D eigenvalue weighted by molar-refractivity contribution is 6.21. The monoisotopic (exact) mass is 397 g/mol. The Kier molecular flexibility index (Phi) is 4.32. The molecule has 1 aromatic carbocycles. The Labute approximate surface area is 170 Å². The maximum absolute atomic E-state index is 12.9. The van der Waals surface area contributed by atoms with Gasteiger partial charge in [0, 0.05) is 6.54 Å². The topological polar surface area (TPSA) is 83.9 Å². The van der Waals surface area contributed by atoms with E-state index in [-0.39, 0.29) is 24.4 Å². The van der Waals surface area contributed by atoms with Crippen molar-refractivity contribution in [3.8, 4) is 0 Å². The van der Waals surface area contributed by atoms with Crippen LogP contribution in [0.5, 0.6) is 0 Å². The number of nitrogens with zero attached hydrogens (tertiary/aromatic N) is 1. The SMILES string of the molecule is O=C1c2ccccc2C(=O)N1CCCCOC(=O)C12CC3CC(CC(O)(C3)C1)C2. The standard InChI is InChI=1S/C23H27NO5/c25-19-17-5-1-2-6-18(17)20(26)24(19)7-3-4-8-29-21(27)22-10-15-9-16(11-22)13-23(28,12-15)14-22/h1-2,5-6,15-16,28H,3-4,7-14H2. The fourth-order valence-corrected chi connectivity index (χ4v) is 6.59. The van der Waals surface area contributed by atoms with Gasteiger partial charge in [-0.1, -0.05) is 12.1 Å². The first-order valence-electron chi connectivity index (χ1n) is 10.7. The number of aliphatic hydroxyl groups is 1. The van der Waals surface area contributed by atoms with E-state index in [1.54, 1.807) is 24.3 Å². The summed E-state index contributed by atoms with van der Waals surface area (Å²) in [6, 6.07) is 6.87. The Morgan fingerprint density at radius 3 is 2.24 bits per heavy atom. The highest BCUT2D eigenvalue weighted by Crippen LogP contribution is 2.61. The molecule has 0 saturated heterocycles. The Morgan fingerprint density at radius 2 is 1.66 bits per heavy atom. The van der Waals surface area contributed by atoms with Crippen molar-refractivity contribution < 1.29 is 24.2 Å². The number of unbranched alkanes of at least 4 members (excludes halogenated alkanes) is 1. The van der Waals surface area contributed by atoms with Crippen molar-refractivity contribution in [1.82, 2.24) is 4.90 Å². The number of ether oxygens (including phenoxy) is 1. The second kappa shape index (κ2) is 6.66. The normalized spacial score (nSPS) is 34.6. The third-order valence-corrected chi connectivity index (χ3v) is 7.35. The van der Waals surface area contributed by atoms with Gasteiger partial charge in [-0.15, -0.1) is 0 Å². The van der Waals surface area contributed by atoms with Gasteiger partial charge in [0.15, 0.2) is 0 Å². The minimum Gasteiger partial charge on any atom is -0.465 e. The zero-order valence-electron chi connectivity index (χ0n) is 16.6. The van der Waals surface area contributed by atoms with E-state index in [1.807, 2.05) is 0 Å². The van der Waals surface area contributed by atoms with Gasteiger partial charge in [-0.2, -0.15) is 0 Å². The van der Waals surface area contributed by atoms with Crippen LogP contribution < -0.4 is 0 Å². The van der Waals surface area contributed by atoms with E-state index in [1.165, 1.54) is 4.90 Å². The Balaban J connectivity index is 1.11. The van der Waals surface area contributed by atoms with Crippen LogP contribution in [0, 0.1) is 17.3 Å². The molecule has 6 nitrogen and oxygen atoms in total. The van der Waals surface area contributed by atoms with Gasteiger partial charge in [0.25, 0.3) is 11.8 Å². The van der Waals surface area contributed by atoms with Gasteiger partial charge in [-0.05, 0) is 75.3 Å². The molecule has 4 bridgehead atoms. The number of hydrogen-bond donors (Lipinski definition) is 1. The number of amides is 2. The molecule has 1 N–H and O–H groups in total. The largest absolute Gasteiger partial charge is 0.465 e. The van der Waals surface area contributed by atoms with E-state index >= 15 is 0 Å². The second-order valence-electron chi connectivity index (χ2n) is 9.62. The van der Waals surface area contributed by atoms with Crippen LogP contribution >= 0.6 is 0 Å². The molecular formula is C23H27NO5. The first kappa shape index (κ1) is 18.8. The third-order valence-electron chi connectivity index (χ3n) is 7.35. The summed E-state index contributed by atoms with van der Waals surface area (Å²) in [5.74, 6) is 0.241. The van der Waals surface area contributed by atoms with Gasteiger partial charge in [-0.25, -0.2) is 0 Å². The number of esters is 1. The first-order chi connectivity index (χ1) is 13.9. The third kappa shape index (κ3) is 3.08. The van der Waals surface area contributed by atoms with E-state index < -0.39 is 11.0 Å². The number of hydrogen-bond acceptors (Lipinski definition) is 5. The van der Waals surface area contributed by atoms with Gasteiger partial charge in [-0.3, -0.25) is 19.3 Å². The summed E-state index contributed by atoms with van der Waals surface area (Å²) >= 11 is 0. The molecule has 2 atom stereocenters. The lowest BCUT2D eigenvalue weighted by Crippen LogP contribution is -2.58. The predicted octanol–water partition coefficient (Wildman–Crippen LogP) is 2.94. The summed E-state index contributed by atoms with van der Waals surface area (Å²) in [7, 11) is 0. The van der Waals surface area contributed by atoms with Crippen LogP contribution in [0.15, 0.2) is 24.3 Å². The Morgan fingerprint density at radius 1 is 1.03 bits per heavy atom. The molecule has 4 aliphatic carbocycles. The molecule has 6 heteroatoms. The average molecular weight is 397 g/mol. The van der Waals surface area contributed by atoms with E-state index in [0.717, 1.165) is 32.1 Å². The summed E-state index contributed by atoms with van der Waals surface area (Å²) in [6.45, 7) is 0.621. The van der Waals surface area contributed by atoms with Crippen LogP contribution in [0.1, 0.15) is 72.1 Å². The van der Waals surface area contributed by atoms with E-state index in [2.05, 4.69) is 0 Å². The number of carbonyl (C=O) groups is 3. The molecule has 6 rings (SSSR count). The fraction of sp³-hybridized carbons (Fsp3) is 0.609. The maximum Gasteiger partial charge on any atom is 0.312 e. The molecule has 2 amide bonds. The van der Waals surface area contributed by atoms with Gasteiger partial charge in [0.05, 0.1) is 28.7 Å². The minimum atomic E-state index is -0.672. The van der Waals surface area contributed by atoms with E-state index in [0.29, 0.717) is 48.8 Å². The van der Waals surface area contributed by atoms with Crippen LogP contribution in [0.3, 0.4) is 0 Å². The number of fused-ring (bicyclic) bond motifs is 1. The number of imide groups is 1. The predicted molar refractivity (Wildman–Crippen MR) is 104 cm³/mol. The molecule has 2 unspecified atom stereocenters. The van der Waals surface area contributed by atoms with E-state index in [4.69, 9.17) is 4.74 Å². The zero-order chi connectivity index (χ0) is 20.2. The van der Waals surface area contributed by atoms with Crippen LogP contribution in [0.4, 0.5) is 0 Å². The lowest BCUT2D eigenvalue weighted by atomic mass is 9.48. The molecule has 1 heterocycles. The molecule has 0 aromatic heterocycles. The summed E-state index contributed by atoms with van der Waals surface area (Å²) in [4.78, 5) is 38.9. The lowest BCUT2D eigenvalue weighted by molar-refractivity contribution is -0.196. The van der Waals surface area contributed by atoms with Crippen molar-refractivity contribution >= 4 is 17.8 Å². The molecule has 0 radical (unpaired) electrons. The summed E-state index contributed by atoms with van der Waals surface area (Å²) in [6.07, 6.45) is 6.24. The van der Waals surface area contributed by atoms with Crippen molar-refractivity contribution in [1.29, 1.82) is 0 Å². The molecule has 4 fully saturated rings. The van der Waals surface area contributed by atoms with Crippen LogP contribution in [-0.2, 0) is 9.53 Å². The molecular weight excluding hydrogens is 370 g/mol. The molecule has 4 saturated carbocycles. The van der Waals surface area contributed by atoms with Gasteiger partial charge in [0.2, 0.25) is 0 Å². The summed E-state index contributed by atoms with van der Waals surface area (Å²) in [5, 5.41) is 10.8. The number of benzene rings is 1. The summed E-state index contributed by atoms with van der Waals surface area (Å²) < 4.78 is 5.61. The van der Waals surface area contributed by atoms with Crippen LogP contribution in [0.2, 0.25) is 0 Å². The second-order valence-corrected chi connectivity index (χ2v) is 9.62. The molecule has 154 valence electrons. The van der Waals surface area contributed by atoms with Crippen molar-refractivity contribution in [3.05, 3.63) is 35.4 Å². The number of rotatable bonds is 6. The van der Waals surface area contributed by atoms with Gasteiger partial charge >= 0.3 is 5.97 Å². The maximum atomic E-state index is 12.9. The zero-order valence-corrected chi connectivity index (χ0v) is 16.6. The molecule has 29 heavy (non-hydrogen) atoms. The molecule has 5 aliphatic rings. The smallest absolute Gasteiger partial charge is 0.312 e. The van der Waals surface area contributed by atoms with Crippen molar-refractivity contribution in [2.24, 2.45) is 17.3 Å². The number of carbonyl (C=O) groups excluding carboxylic acids is 3. The Hall–Kier alpha value is -2.21. The van der Waals surface area contributed by atoms with Crippen molar-refractivity contribution in [2.45, 2.75) is 57.0 Å². The van der Waals surface area contributed by atoms with E-state index in [9.17, 15) is 19.5 Å². The van der Waals surface area contributed by atoms with Crippen LogP contribution in [0.25, 0.3) is 0 Å². The quantitative estimate of drug-likeness (QED) is 0.453. The van der Waals surface area contributed by atoms with Crippen LogP contribution in [-0.4, -0.2) is 46.5 Å². The van der Waals surface area contributed by atoms with Crippen molar-refractivity contribution in [2.75, 3.05) is 13.2 Å². The Bertz CT molecular complexity index is 829. The average Bonchev–Trinajstić information content (AvgIpc) is 2.90. The lowest BCUT2D eigenvalue weighted by Gasteiger charge is -2.58. The molecule has 1 aromatic rings. The van der Waals surface area contributed by atoms with Crippen molar-refractivity contribution in [3.63, 3.8) is 0 Å². The fourth-order valence-electron chi connectivity index (χ4n) is 6.59. The molecule has 1 aliphatic heterocycles. The summed E-state index contributed by atoms with van der Waals surface area (Å²) in [5.41, 5.74) is -0.247. The van der Waals surface area contributed by atoms with Gasteiger partial charge in [0.1, 0.15) is 0 Å². The highest BCUT2D eigenvalue weighted by atomic mass is 16.5. The highest BCUT2D eigenvalue weighted by Gasteiger charge is 2.60. The molecule has 0 spiro atoms.